The summed E-state index contributed by atoms with van der Waals surface area (Å²) >= 11 is 0. The highest BCUT2D eigenvalue weighted by Crippen LogP contribution is 2.23. The van der Waals surface area contributed by atoms with Crippen LogP contribution in [0.5, 0.6) is 0 Å². The second-order valence-electron chi connectivity index (χ2n) is 7.05. The topological polar surface area (TPSA) is 108 Å². The number of nitrogens with one attached hydrogen (secondary N) is 2. The van der Waals surface area contributed by atoms with E-state index in [1.807, 2.05) is 13.8 Å². The third-order valence-electron chi connectivity index (χ3n) is 4.33. The quantitative estimate of drug-likeness (QED) is 0.712. The van der Waals surface area contributed by atoms with E-state index in [9.17, 15) is 13.2 Å². The van der Waals surface area contributed by atoms with Crippen LogP contribution >= 0.6 is 0 Å². The van der Waals surface area contributed by atoms with E-state index in [0.717, 1.165) is 25.7 Å². The van der Waals surface area contributed by atoms with Crippen LogP contribution in [0.1, 0.15) is 39.5 Å². The van der Waals surface area contributed by atoms with Crippen molar-refractivity contribution in [1.82, 2.24) is 10.3 Å². The van der Waals surface area contributed by atoms with Gasteiger partial charge in [-0.1, -0.05) is 13.8 Å². The predicted octanol–water partition coefficient (Wildman–Crippen LogP) is 2.18. The van der Waals surface area contributed by atoms with E-state index in [1.54, 1.807) is 0 Å². The highest BCUT2D eigenvalue weighted by Gasteiger charge is 2.22. The van der Waals surface area contributed by atoms with Gasteiger partial charge in [-0.15, -0.1) is 0 Å². The number of hydrogen-bond acceptors (Lipinski definition) is 5. The van der Waals surface area contributed by atoms with Crippen LogP contribution in [0, 0.1) is 11.8 Å². The maximum Gasteiger partial charge on any atom is 0.320 e. The number of carbonyl (C=O) groups excluding carboxylic acids is 1. The number of aliphatic hydroxyl groups is 1. The summed E-state index contributed by atoms with van der Waals surface area (Å²) in [6.45, 7) is 3.90. The highest BCUT2D eigenvalue weighted by atomic mass is 32.2. The molecule has 1 heterocycles. The lowest BCUT2D eigenvalue weighted by molar-refractivity contribution is 0.176. The Kier molecular flexibility index (Phi) is 6.78. The molecule has 0 atom stereocenters. The van der Waals surface area contributed by atoms with Crippen LogP contribution in [0.15, 0.2) is 23.2 Å². The van der Waals surface area contributed by atoms with Gasteiger partial charge in [-0.2, -0.15) is 0 Å². The van der Waals surface area contributed by atoms with Crippen molar-refractivity contribution in [3.05, 3.63) is 18.3 Å². The third-order valence-corrected chi connectivity index (χ3v) is 6.40. The molecule has 25 heavy (non-hydrogen) atoms. The van der Waals surface area contributed by atoms with Crippen LogP contribution in [-0.4, -0.2) is 42.9 Å². The van der Waals surface area contributed by atoms with E-state index in [4.69, 9.17) is 5.11 Å². The van der Waals surface area contributed by atoms with Crippen molar-refractivity contribution < 1.29 is 18.3 Å². The van der Waals surface area contributed by atoms with Crippen molar-refractivity contribution >= 4 is 21.7 Å². The Labute approximate surface area is 149 Å². The molecule has 0 unspecified atom stereocenters. The number of amides is 2. The number of rotatable bonds is 6. The molecule has 2 amide bonds. The molecule has 1 saturated carbocycles. The zero-order chi connectivity index (χ0) is 18.4. The van der Waals surface area contributed by atoms with Gasteiger partial charge in [0.2, 0.25) is 0 Å². The Balaban J connectivity index is 1.87. The van der Waals surface area contributed by atoms with Crippen molar-refractivity contribution in [2.24, 2.45) is 11.8 Å². The summed E-state index contributed by atoms with van der Waals surface area (Å²) in [6.07, 6.45) is 4.78. The van der Waals surface area contributed by atoms with Gasteiger partial charge in [-0.05, 0) is 49.7 Å². The molecule has 8 heteroatoms. The number of anilines is 1. The van der Waals surface area contributed by atoms with Gasteiger partial charge < -0.3 is 10.4 Å². The largest absolute Gasteiger partial charge is 0.396 e. The van der Waals surface area contributed by atoms with Crippen LogP contribution < -0.4 is 10.6 Å². The first-order chi connectivity index (χ1) is 11.8. The zero-order valence-electron chi connectivity index (χ0n) is 14.7. The Bertz CT molecular complexity index is 666. The number of aromatic nitrogens is 1. The molecule has 1 aliphatic rings. The van der Waals surface area contributed by atoms with Crippen LogP contribution in [0.3, 0.4) is 0 Å². The van der Waals surface area contributed by atoms with E-state index in [-0.39, 0.29) is 35.2 Å². The molecule has 2 rings (SSSR count). The fourth-order valence-corrected chi connectivity index (χ4v) is 4.56. The van der Waals surface area contributed by atoms with E-state index in [2.05, 4.69) is 15.6 Å². The summed E-state index contributed by atoms with van der Waals surface area (Å²) in [5, 5.41) is 14.7. The Morgan fingerprint density at radius 2 is 1.96 bits per heavy atom. The first-order valence-electron chi connectivity index (χ1n) is 8.67. The first-order valence-corrected chi connectivity index (χ1v) is 10.3. The molecule has 1 aromatic heterocycles. The SMILES string of the molecule is CC(C)CS(=O)(=O)c1ccc(NC(=O)NC2CCC(CO)CC2)nc1. The highest BCUT2D eigenvalue weighted by molar-refractivity contribution is 7.91. The maximum absolute atomic E-state index is 12.1. The molecule has 0 aliphatic heterocycles. The molecule has 7 nitrogen and oxygen atoms in total. The van der Waals surface area contributed by atoms with Gasteiger partial charge in [0, 0.05) is 18.8 Å². The number of hydrogen-bond donors (Lipinski definition) is 3. The van der Waals surface area contributed by atoms with Gasteiger partial charge >= 0.3 is 6.03 Å². The molecule has 1 fully saturated rings. The molecule has 0 radical (unpaired) electrons. The van der Waals surface area contributed by atoms with E-state index < -0.39 is 9.84 Å². The molecule has 0 spiro atoms. The minimum absolute atomic E-state index is 0.0366. The number of urea groups is 1. The molecule has 1 aliphatic carbocycles. The molecule has 0 bridgehead atoms. The number of carbonyl (C=O) groups is 1. The minimum Gasteiger partial charge on any atom is -0.396 e. The number of pyridine rings is 1. The lowest BCUT2D eigenvalue weighted by Crippen LogP contribution is -2.40. The number of nitrogens with zero attached hydrogens (tertiary/aromatic N) is 1. The van der Waals surface area contributed by atoms with Gasteiger partial charge in [-0.3, -0.25) is 5.32 Å². The van der Waals surface area contributed by atoms with E-state index in [1.165, 1.54) is 18.3 Å². The molecular formula is C17H27N3O4S. The fourth-order valence-electron chi connectivity index (χ4n) is 3.00. The van der Waals surface area contributed by atoms with E-state index in [0.29, 0.717) is 11.7 Å². The molecule has 0 saturated heterocycles. The van der Waals surface area contributed by atoms with Crippen LogP contribution in [-0.2, 0) is 9.84 Å². The number of sulfone groups is 1. The summed E-state index contributed by atoms with van der Waals surface area (Å²) in [6, 6.07) is 2.70. The normalized spacial score (nSPS) is 21.1. The number of aliphatic hydroxyl groups excluding tert-OH is 1. The second-order valence-corrected chi connectivity index (χ2v) is 9.09. The van der Waals surface area contributed by atoms with Crippen molar-refractivity contribution in [3.63, 3.8) is 0 Å². The average molecular weight is 369 g/mol. The molecule has 0 aromatic carbocycles. The van der Waals surface area contributed by atoms with Gasteiger partial charge in [0.25, 0.3) is 0 Å². The third kappa shape index (κ3) is 5.97. The van der Waals surface area contributed by atoms with Crippen LogP contribution in [0.25, 0.3) is 0 Å². The smallest absolute Gasteiger partial charge is 0.320 e. The minimum atomic E-state index is -3.35. The summed E-state index contributed by atoms with van der Waals surface area (Å²) in [5.41, 5.74) is 0. The van der Waals surface area contributed by atoms with Crippen LogP contribution in [0.2, 0.25) is 0 Å². The molecule has 140 valence electrons. The van der Waals surface area contributed by atoms with Crippen molar-refractivity contribution in [2.45, 2.75) is 50.5 Å². The monoisotopic (exact) mass is 369 g/mol. The lowest BCUT2D eigenvalue weighted by Gasteiger charge is -2.27. The summed E-state index contributed by atoms with van der Waals surface area (Å²) < 4.78 is 24.3. The Morgan fingerprint density at radius 3 is 2.48 bits per heavy atom. The van der Waals surface area contributed by atoms with Gasteiger partial charge in [0.15, 0.2) is 9.84 Å². The summed E-state index contributed by atoms with van der Waals surface area (Å²) in [4.78, 5) is 16.2. The molecule has 3 N–H and O–H groups in total. The first kappa shape index (κ1) is 19.7. The Hall–Kier alpha value is -1.67. The standard InChI is InChI=1S/C17H27N3O4S/c1-12(2)11-25(23,24)15-7-8-16(18-9-15)20-17(22)19-14-5-3-13(10-21)4-6-14/h7-9,12-14,21H,3-6,10-11H2,1-2H3,(H2,18,19,20,22). The lowest BCUT2D eigenvalue weighted by atomic mass is 9.87. The molecule has 1 aromatic rings. The van der Waals surface area contributed by atoms with Crippen molar-refractivity contribution in [1.29, 1.82) is 0 Å². The van der Waals surface area contributed by atoms with E-state index >= 15 is 0 Å². The second kappa shape index (κ2) is 8.62. The Morgan fingerprint density at radius 1 is 1.28 bits per heavy atom. The van der Waals surface area contributed by atoms with Crippen LogP contribution in [0.4, 0.5) is 10.6 Å². The van der Waals surface area contributed by atoms with Crippen molar-refractivity contribution in [2.75, 3.05) is 17.7 Å². The average Bonchev–Trinajstić information content (AvgIpc) is 2.55. The summed E-state index contributed by atoms with van der Waals surface area (Å²) in [7, 11) is -3.35. The van der Waals surface area contributed by atoms with Crippen molar-refractivity contribution in [3.8, 4) is 0 Å². The predicted molar refractivity (Wildman–Crippen MR) is 96.1 cm³/mol. The fraction of sp³-hybridized carbons (Fsp3) is 0.647. The molecular weight excluding hydrogens is 342 g/mol. The maximum atomic E-state index is 12.1. The van der Waals surface area contributed by atoms with Gasteiger partial charge in [0.05, 0.1) is 10.6 Å². The summed E-state index contributed by atoms with van der Waals surface area (Å²) in [5.74, 6) is 0.751. The zero-order valence-corrected chi connectivity index (χ0v) is 15.6. The van der Waals surface area contributed by atoms with Gasteiger partial charge in [-0.25, -0.2) is 18.2 Å². The van der Waals surface area contributed by atoms with Gasteiger partial charge in [0.1, 0.15) is 5.82 Å².